The highest BCUT2D eigenvalue weighted by Gasteiger charge is 2.15. The van der Waals surface area contributed by atoms with Gasteiger partial charge in [0.15, 0.2) is 11.5 Å². The maximum absolute atomic E-state index is 12.8. The van der Waals surface area contributed by atoms with Crippen LogP contribution in [0.4, 0.5) is 0 Å². The van der Waals surface area contributed by atoms with E-state index in [1.54, 1.807) is 4.57 Å². The fraction of sp³-hybridized carbons (Fsp3) is 0.429. The summed E-state index contributed by atoms with van der Waals surface area (Å²) in [6, 6.07) is 11.9. The van der Waals surface area contributed by atoms with Crippen LogP contribution >= 0.6 is 11.8 Å². The first-order valence-corrected chi connectivity index (χ1v) is 10.6. The summed E-state index contributed by atoms with van der Waals surface area (Å²) in [5, 5.41) is 0. The van der Waals surface area contributed by atoms with Crippen molar-refractivity contribution in [3.63, 3.8) is 0 Å². The molecule has 4 rings (SSSR count). The number of carbonyl (C=O) groups excluding carboxylic acids is 1. The highest BCUT2D eigenvalue weighted by atomic mass is 32.2. The lowest BCUT2D eigenvalue weighted by molar-refractivity contribution is 0.0936. The van der Waals surface area contributed by atoms with Gasteiger partial charge >= 0.3 is 0 Å². The second-order valence-electron chi connectivity index (χ2n) is 6.84. The number of aromatic nitrogens is 1. The topological polar surface area (TPSA) is 52.8 Å². The second-order valence-corrected chi connectivity index (χ2v) is 7.89. The second kappa shape index (κ2) is 8.65. The molecule has 1 aliphatic heterocycles. The molecule has 0 radical (unpaired) electrons. The molecule has 1 saturated carbocycles. The molecule has 0 bridgehead atoms. The quantitative estimate of drug-likeness (QED) is 0.750. The summed E-state index contributed by atoms with van der Waals surface area (Å²) in [5.74, 6) is 1.90. The Morgan fingerprint density at radius 2 is 1.89 bits per heavy atom. The van der Waals surface area contributed by atoms with Gasteiger partial charge in [-0.05, 0) is 43.2 Å². The smallest absolute Gasteiger partial charge is 0.242 e. The van der Waals surface area contributed by atoms with Crippen molar-refractivity contribution in [3.05, 3.63) is 48.1 Å². The highest BCUT2D eigenvalue weighted by Crippen LogP contribution is 2.34. The van der Waals surface area contributed by atoms with Gasteiger partial charge in [0.2, 0.25) is 5.91 Å². The van der Waals surface area contributed by atoms with Gasteiger partial charge in [-0.15, -0.1) is 11.8 Å². The molecule has 1 aromatic heterocycles. The van der Waals surface area contributed by atoms with Crippen LogP contribution in [0, 0.1) is 0 Å². The zero-order valence-corrected chi connectivity index (χ0v) is 16.1. The zero-order chi connectivity index (χ0) is 18.5. The molecule has 5 nitrogen and oxygen atoms in total. The van der Waals surface area contributed by atoms with Crippen molar-refractivity contribution in [2.75, 3.05) is 19.0 Å². The van der Waals surface area contributed by atoms with Crippen LogP contribution in [-0.2, 0) is 0 Å². The monoisotopic (exact) mass is 384 g/mol. The van der Waals surface area contributed by atoms with Gasteiger partial charge in [0, 0.05) is 11.1 Å². The normalized spacial score (nSPS) is 17.7. The molecule has 2 aliphatic rings. The van der Waals surface area contributed by atoms with Crippen molar-refractivity contribution in [2.45, 2.75) is 43.0 Å². The van der Waals surface area contributed by atoms with E-state index in [1.165, 1.54) is 31.0 Å². The standard InChI is InChI=1S/C21H24N2O3S/c24-21(15-27-17-9-10-18-19(14-17)26-13-12-25-18)23-11-5-4-8-20(23)22-16-6-2-1-3-7-16/h4-5,8-11,14,16H,1-3,6-7,12-13,15H2. The zero-order valence-electron chi connectivity index (χ0n) is 15.3. The van der Waals surface area contributed by atoms with Crippen molar-refractivity contribution in [2.24, 2.45) is 4.99 Å². The molecule has 0 amide bonds. The van der Waals surface area contributed by atoms with Gasteiger partial charge in [0.25, 0.3) is 0 Å². The molecule has 2 aromatic rings. The maximum atomic E-state index is 12.8. The summed E-state index contributed by atoms with van der Waals surface area (Å²) in [7, 11) is 0. The van der Waals surface area contributed by atoms with Crippen LogP contribution in [0.15, 0.2) is 52.5 Å². The molecule has 142 valence electrons. The summed E-state index contributed by atoms with van der Waals surface area (Å²) in [4.78, 5) is 18.6. The van der Waals surface area contributed by atoms with Crippen LogP contribution in [0.25, 0.3) is 0 Å². The summed E-state index contributed by atoms with van der Waals surface area (Å²) in [6.45, 7) is 1.14. The van der Waals surface area contributed by atoms with Crippen LogP contribution in [0.1, 0.15) is 36.9 Å². The first kappa shape index (κ1) is 18.2. The van der Waals surface area contributed by atoms with E-state index >= 15 is 0 Å². The van der Waals surface area contributed by atoms with Crippen LogP contribution in [0.3, 0.4) is 0 Å². The Morgan fingerprint density at radius 1 is 1.07 bits per heavy atom. The fourth-order valence-corrected chi connectivity index (χ4v) is 4.26. The minimum atomic E-state index is 0.0325. The van der Waals surface area contributed by atoms with Gasteiger partial charge in [-0.3, -0.25) is 14.4 Å². The van der Waals surface area contributed by atoms with E-state index in [9.17, 15) is 4.79 Å². The van der Waals surface area contributed by atoms with Crippen LogP contribution in [-0.4, -0.2) is 35.5 Å². The molecule has 0 saturated heterocycles. The molecular formula is C21H24N2O3S. The molecule has 0 spiro atoms. The summed E-state index contributed by atoms with van der Waals surface area (Å²) in [6.07, 6.45) is 7.81. The molecule has 27 heavy (non-hydrogen) atoms. The van der Waals surface area contributed by atoms with Gasteiger partial charge in [0.05, 0.1) is 11.8 Å². The van der Waals surface area contributed by atoms with Crippen molar-refractivity contribution >= 4 is 17.7 Å². The number of thioether (sulfide) groups is 1. The minimum absolute atomic E-state index is 0.0325. The first-order valence-electron chi connectivity index (χ1n) is 9.57. The van der Waals surface area contributed by atoms with Crippen molar-refractivity contribution in [1.29, 1.82) is 0 Å². The fourth-order valence-electron chi connectivity index (χ4n) is 3.48. The number of hydrogen-bond acceptors (Lipinski definition) is 5. The number of ether oxygens (including phenoxy) is 2. The molecule has 2 heterocycles. The molecule has 0 N–H and O–H groups in total. The van der Waals surface area contributed by atoms with Crippen LogP contribution < -0.4 is 15.0 Å². The first-order chi connectivity index (χ1) is 13.3. The van der Waals surface area contributed by atoms with E-state index in [4.69, 9.17) is 14.5 Å². The third-order valence-electron chi connectivity index (χ3n) is 4.87. The van der Waals surface area contributed by atoms with E-state index in [1.807, 2.05) is 42.6 Å². The summed E-state index contributed by atoms with van der Waals surface area (Å²) < 4.78 is 12.8. The van der Waals surface area contributed by atoms with E-state index in [2.05, 4.69) is 0 Å². The van der Waals surface area contributed by atoms with Gasteiger partial charge in [-0.2, -0.15) is 0 Å². The molecular weight excluding hydrogens is 360 g/mol. The molecule has 6 heteroatoms. The van der Waals surface area contributed by atoms with Gasteiger partial charge in [-0.25, -0.2) is 0 Å². The number of benzene rings is 1. The van der Waals surface area contributed by atoms with Gasteiger partial charge < -0.3 is 9.47 Å². The Labute approximate surface area is 163 Å². The number of carbonyl (C=O) groups is 1. The number of hydrogen-bond donors (Lipinski definition) is 0. The minimum Gasteiger partial charge on any atom is -0.486 e. The Morgan fingerprint density at radius 3 is 2.74 bits per heavy atom. The predicted molar refractivity (Wildman–Crippen MR) is 106 cm³/mol. The van der Waals surface area contributed by atoms with Crippen molar-refractivity contribution in [1.82, 2.24) is 4.57 Å². The SMILES string of the molecule is O=C(CSc1ccc2c(c1)OCCO2)n1ccccc1=NC1CCCCC1. The van der Waals surface area contributed by atoms with Crippen LogP contribution in [0.2, 0.25) is 0 Å². The molecule has 1 fully saturated rings. The largest absolute Gasteiger partial charge is 0.486 e. The van der Waals surface area contributed by atoms with Gasteiger partial charge in [-0.1, -0.05) is 25.3 Å². The maximum Gasteiger partial charge on any atom is 0.242 e. The molecule has 0 atom stereocenters. The van der Waals surface area contributed by atoms with E-state index in [-0.39, 0.29) is 5.91 Å². The number of rotatable bonds is 4. The average Bonchev–Trinajstić information content (AvgIpc) is 2.73. The Hall–Kier alpha value is -2.21. The van der Waals surface area contributed by atoms with Crippen molar-refractivity contribution < 1.29 is 14.3 Å². The van der Waals surface area contributed by atoms with E-state index in [0.29, 0.717) is 25.0 Å². The summed E-state index contributed by atoms with van der Waals surface area (Å²) >= 11 is 1.50. The summed E-state index contributed by atoms with van der Waals surface area (Å²) in [5.41, 5.74) is 0.761. The number of pyridine rings is 1. The number of nitrogens with zero attached hydrogens (tertiary/aromatic N) is 2. The third kappa shape index (κ3) is 4.56. The van der Waals surface area contributed by atoms with E-state index in [0.717, 1.165) is 34.7 Å². The Balaban J connectivity index is 1.46. The lowest BCUT2D eigenvalue weighted by Gasteiger charge is -2.19. The Kier molecular flexibility index (Phi) is 5.82. The molecule has 1 aliphatic carbocycles. The lowest BCUT2D eigenvalue weighted by atomic mass is 9.96. The van der Waals surface area contributed by atoms with E-state index < -0.39 is 0 Å². The third-order valence-corrected chi connectivity index (χ3v) is 5.85. The number of fused-ring (bicyclic) bond motifs is 1. The highest BCUT2D eigenvalue weighted by molar-refractivity contribution is 8.00. The molecule has 1 aromatic carbocycles. The van der Waals surface area contributed by atoms with Crippen LogP contribution in [0.5, 0.6) is 11.5 Å². The average molecular weight is 385 g/mol. The lowest BCUT2D eigenvalue weighted by Crippen LogP contribution is -2.29. The Bertz CT molecular complexity index is 872. The van der Waals surface area contributed by atoms with Crippen molar-refractivity contribution in [3.8, 4) is 11.5 Å². The predicted octanol–water partition coefficient (Wildman–Crippen LogP) is 3.93. The van der Waals surface area contributed by atoms with Gasteiger partial charge in [0.1, 0.15) is 18.7 Å². The molecule has 0 unspecified atom stereocenters.